The summed E-state index contributed by atoms with van der Waals surface area (Å²) in [6.07, 6.45) is 2.57. The number of amides is 1. The Bertz CT molecular complexity index is 618. The van der Waals surface area contributed by atoms with Gasteiger partial charge in [-0.05, 0) is 43.6 Å². The van der Waals surface area contributed by atoms with E-state index in [1.54, 1.807) is 22.7 Å². The first-order valence-corrected chi connectivity index (χ1v) is 9.29. The molecule has 3 rings (SSSR count). The van der Waals surface area contributed by atoms with Crippen LogP contribution in [0.3, 0.4) is 0 Å². The first-order chi connectivity index (χ1) is 10.6. The predicted molar refractivity (Wildman–Crippen MR) is 89.1 cm³/mol. The molecule has 6 heteroatoms. The highest BCUT2D eigenvalue weighted by Crippen LogP contribution is 2.39. The minimum atomic E-state index is -0.204. The van der Waals surface area contributed by atoms with Crippen molar-refractivity contribution in [2.75, 3.05) is 0 Å². The molecule has 22 heavy (non-hydrogen) atoms. The van der Waals surface area contributed by atoms with Gasteiger partial charge >= 0.3 is 0 Å². The van der Waals surface area contributed by atoms with Crippen LogP contribution in [-0.4, -0.2) is 22.1 Å². The standard InChI is InChI=1S/C16H20N2O2S2/c1-10-13(22-9-17-10)4-5-15(20)18-16(11-7-12(19)8-11)14-3-2-6-21-14/h2-3,6,9,11-12,16,19H,4-5,7-8H2,1H3,(H,18,20)/t11?,12?,16-/m0/s1. The van der Waals surface area contributed by atoms with E-state index in [0.29, 0.717) is 12.3 Å². The lowest BCUT2D eigenvalue weighted by atomic mass is 9.76. The van der Waals surface area contributed by atoms with E-state index in [2.05, 4.69) is 16.4 Å². The van der Waals surface area contributed by atoms with Gasteiger partial charge in [-0.15, -0.1) is 22.7 Å². The van der Waals surface area contributed by atoms with Crippen LogP contribution >= 0.6 is 22.7 Å². The Morgan fingerprint density at radius 3 is 2.91 bits per heavy atom. The van der Waals surface area contributed by atoms with E-state index in [-0.39, 0.29) is 18.1 Å². The van der Waals surface area contributed by atoms with E-state index in [1.807, 2.05) is 23.9 Å². The van der Waals surface area contributed by atoms with Crippen LogP contribution in [-0.2, 0) is 11.2 Å². The van der Waals surface area contributed by atoms with Gasteiger partial charge in [0.1, 0.15) is 0 Å². The van der Waals surface area contributed by atoms with Crippen LogP contribution in [0.1, 0.15) is 40.8 Å². The van der Waals surface area contributed by atoms with Crippen molar-refractivity contribution in [3.05, 3.63) is 38.5 Å². The summed E-state index contributed by atoms with van der Waals surface area (Å²) in [4.78, 5) is 18.9. The van der Waals surface area contributed by atoms with Crippen molar-refractivity contribution in [2.45, 2.75) is 44.8 Å². The number of carbonyl (C=O) groups excluding carboxylic acids is 1. The van der Waals surface area contributed by atoms with E-state index in [9.17, 15) is 9.90 Å². The molecule has 0 unspecified atom stereocenters. The normalized spacial score (nSPS) is 22.1. The molecule has 2 N–H and O–H groups in total. The number of aryl methyl sites for hydroxylation is 2. The quantitative estimate of drug-likeness (QED) is 0.852. The van der Waals surface area contributed by atoms with Crippen LogP contribution in [0.25, 0.3) is 0 Å². The zero-order valence-corrected chi connectivity index (χ0v) is 14.1. The molecule has 1 atom stereocenters. The van der Waals surface area contributed by atoms with Crippen molar-refractivity contribution in [3.8, 4) is 0 Å². The maximum absolute atomic E-state index is 12.3. The molecule has 0 aromatic carbocycles. The zero-order valence-electron chi connectivity index (χ0n) is 12.5. The van der Waals surface area contributed by atoms with Crippen LogP contribution in [0, 0.1) is 12.8 Å². The highest BCUT2D eigenvalue weighted by molar-refractivity contribution is 7.10. The average molecular weight is 336 g/mol. The summed E-state index contributed by atoms with van der Waals surface area (Å²) in [7, 11) is 0. The summed E-state index contributed by atoms with van der Waals surface area (Å²) in [5.41, 5.74) is 2.85. The van der Waals surface area contributed by atoms with Gasteiger partial charge in [0.25, 0.3) is 0 Å². The van der Waals surface area contributed by atoms with E-state index in [4.69, 9.17) is 0 Å². The minimum Gasteiger partial charge on any atom is -0.393 e. The monoisotopic (exact) mass is 336 g/mol. The maximum Gasteiger partial charge on any atom is 0.220 e. The van der Waals surface area contributed by atoms with Gasteiger partial charge in [-0.3, -0.25) is 4.79 Å². The van der Waals surface area contributed by atoms with Crippen molar-refractivity contribution in [1.82, 2.24) is 10.3 Å². The minimum absolute atomic E-state index is 0.0402. The molecule has 0 bridgehead atoms. The molecule has 0 aliphatic heterocycles. The Labute approximate surface area is 138 Å². The lowest BCUT2D eigenvalue weighted by molar-refractivity contribution is -0.123. The smallest absolute Gasteiger partial charge is 0.220 e. The van der Waals surface area contributed by atoms with Crippen LogP contribution in [0.15, 0.2) is 23.0 Å². The van der Waals surface area contributed by atoms with Crippen molar-refractivity contribution in [3.63, 3.8) is 0 Å². The summed E-state index contributed by atoms with van der Waals surface area (Å²) in [5.74, 6) is 0.426. The number of rotatable bonds is 6. The molecule has 0 spiro atoms. The van der Waals surface area contributed by atoms with Gasteiger partial charge in [-0.1, -0.05) is 6.07 Å². The summed E-state index contributed by atoms with van der Waals surface area (Å²) >= 11 is 3.27. The van der Waals surface area contributed by atoms with Crippen molar-refractivity contribution in [1.29, 1.82) is 0 Å². The molecular weight excluding hydrogens is 316 g/mol. The predicted octanol–water partition coefficient (Wildman–Crippen LogP) is 3.07. The number of carbonyl (C=O) groups is 1. The third kappa shape index (κ3) is 3.56. The van der Waals surface area contributed by atoms with Crippen LogP contribution in [0.5, 0.6) is 0 Å². The number of nitrogens with zero attached hydrogens (tertiary/aromatic N) is 1. The maximum atomic E-state index is 12.3. The van der Waals surface area contributed by atoms with Crippen LogP contribution < -0.4 is 5.32 Å². The summed E-state index contributed by atoms with van der Waals surface area (Å²) in [5, 5.41) is 14.7. The van der Waals surface area contributed by atoms with Gasteiger partial charge in [-0.2, -0.15) is 0 Å². The summed E-state index contributed by atoms with van der Waals surface area (Å²) in [6, 6.07) is 4.11. The fourth-order valence-corrected chi connectivity index (χ4v) is 4.48. The molecule has 2 aromatic rings. The molecule has 1 fully saturated rings. The lowest BCUT2D eigenvalue weighted by Gasteiger charge is -2.37. The fourth-order valence-electron chi connectivity index (χ4n) is 2.83. The molecule has 1 aliphatic rings. The molecule has 118 valence electrons. The first kappa shape index (κ1) is 15.6. The molecule has 0 saturated heterocycles. The molecule has 1 amide bonds. The second-order valence-electron chi connectivity index (χ2n) is 5.81. The van der Waals surface area contributed by atoms with Gasteiger partial charge in [0.05, 0.1) is 23.4 Å². The lowest BCUT2D eigenvalue weighted by Crippen LogP contribution is -2.41. The van der Waals surface area contributed by atoms with E-state index in [0.717, 1.165) is 25.0 Å². The van der Waals surface area contributed by atoms with Gasteiger partial charge in [0.2, 0.25) is 5.91 Å². The van der Waals surface area contributed by atoms with Crippen molar-refractivity contribution >= 4 is 28.6 Å². The Morgan fingerprint density at radius 2 is 2.32 bits per heavy atom. The SMILES string of the molecule is Cc1ncsc1CCC(=O)N[C@H](c1cccs1)C1CC(O)C1. The summed E-state index contributed by atoms with van der Waals surface area (Å²) in [6.45, 7) is 1.98. The number of nitrogens with one attached hydrogen (secondary N) is 1. The molecule has 2 heterocycles. The molecule has 1 aliphatic carbocycles. The highest BCUT2D eigenvalue weighted by Gasteiger charge is 2.36. The Morgan fingerprint density at radius 1 is 1.50 bits per heavy atom. The fraction of sp³-hybridized carbons (Fsp3) is 0.500. The van der Waals surface area contributed by atoms with Gasteiger partial charge in [0.15, 0.2) is 0 Å². The van der Waals surface area contributed by atoms with Crippen molar-refractivity contribution < 1.29 is 9.90 Å². The Balaban J connectivity index is 1.58. The Kier molecular flexibility index (Phi) is 4.90. The molecule has 2 aromatic heterocycles. The molecule has 0 radical (unpaired) electrons. The van der Waals surface area contributed by atoms with Gasteiger partial charge < -0.3 is 10.4 Å². The first-order valence-electron chi connectivity index (χ1n) is 7.53. The van der Waals surface area contributed by atoms with E-state index >= 15 is 0 Å². The third-order valence-corrected chi connectivity index (χ3v) is 6.16. The van der Waals surface area contributed by atoms with Gasteiger partial charge in [0, 0.05) is 16.2 Å². The largest absolute Gasteiger partial charge is 0.393 e. The molecule has 1 saturated carbocycles. The second kappa shape index (κ2) is 6.89. The van der Waals surface area contributed by atoms with Crippen LogP contribution in [0.4, 0.5) is 0 Å². The number of hydrogen-bond donors (Lipinski definition) is 2. The number of aromatic nitrogens is 1. The van der Waals surface area contributed by atoms with Gasteiger partial charge in [-0.25, -0.2) is 4.98 Å². The Hall–Kier alpha value is -1.24. The topological polar surface area (TPSA) is 62.2 Å². The average Bonchev–Trinajstić information content (AvgIpc) is 3.11. The van der Waals surface area contributed by atoms with Crippen molar-refractivity contribution in [2.24, 2.45) is 5.92 Å². The number of aliphatic hydroxyl groups is 1. The number of thiazole rings is 1. The van der Waals surface area contributed by atoms with E-state index in [1.165, 1.54) is 9.75 Å². The highest BCUT2D eigenvalue weighted by atomic mass is 32.1. The number of aliphatic hydroxyl groups excluding tert-OH is 1. The third-order valence-electron chi connectivity index (χ3n) is 4.21. The number of hydrogen-bond acceptors (Lipinski definition) is 5. The molecular formula is C16H20N2O2S2. The molecule has 4 nitrogen and oxygen atoms in total. The summed E-state index contributed by atoms with van der Waals surface area (Å²) < 4.78 is 0. The van der Waals surface area contributed by atoms with E-state index < -0.39 is 0 Å². The van der Waals surface area contributed by atoms with Crippen LogP contribution in [0.2, 0.25) is 0 Å². The second-order valence-corrected chi connectivity index (χ2v) is 7.73. The number of thiophene rings is 1. The zero-order chi connectivity index (χ0) is 15.5.